The van der Waals surface area contributed by atoms with Crippen LogP contribution in [0.25, 0.3) is 0 Å². The number of allylic oxidation sites excluding steroid dienone is 1. The van der Waals surface area contributed by atoms with E-state index in [1.165, 1.54) is 12.8 Å². The molecule has 0 bridgehead atoms. The fourth-order valence-corrected chi connectivity index (χ4v) is 5.66. The Bertz CT molecular complexity index is 717. The minimum absolute atomic E-state index is 0.0259. The second-order valence-electron chi connectivity index (χ2n) is 10.2. The van der Waals surface area contributed by atoms with Gasteiger partial charge in [-0.05, 0) is 75.3 Å². The molecule has 2 fully saturated rings. The van der Waals surface area contributed by atoms with Crippen molar-refractivity contribution in [3.05, 3.63) is 48.0 Å². The van der Waals surface area contributed by atoms with E-state index in [2.05, 4.69) is 32.9 Å². The fraction of sp³-hybridized carbons (Fsp3) is 0.654. The van der Waals surface area contributed by atoms with E-state index >= 15 is 0 Å². The Morgan fingerprint density at radius 3 is 2.52 bits per heavy atom. The highest BCUT2D eigenvalue weighted by atomic mass is 16.5. The lowest BCUT2D eigenvalue weighted by atomic mass is 9.61. The summed E-state index contributed by atoms with van der Waals surface area (Å²) in [6, 6.07) is 9.35. The van der Waals surface area contributed by atoms with Gasteiger partial charge in [-0.15, -0.1) is 0 Å². The molecule has 6 atom stereocenters. The van der Waals surface area contributed by atoms with E-state index in [4.69, 9.17) is 4.74 Å². The lowest BCUT2D eigenvalue weighted by Gasteiger charge is -2.45. The first kappa shape index (κ1) is 22.1. The van der Waals surface area contributed by atoms with E-state index in [9.17, 15) is 9.90 Å². The van der Waals surface area contributed by atoms with Gasteiger partial charge >= 0.3 is 5.97 Å². The van der Waals surface area contributed by atoms with Crippen molar-refractivity contribution >= 4 is 5.97 Å². The van der Waals surface area contributed by atoms with Gasteiger partial charge in [-0.3, -0.25) is 0 Å². The number of carbonyl (C=O) groups excluding carboxylic acids is 1. The number of rotatable bonds is 6. The molecule has 3 rings (SSSR count). The number of benzene rings is 1. The summed E-state index contributed by atoms with van der Waals surface area (Å²) in [5.74, 6) is 1.43. The van der Waals surface area contributed by atoms with Crippen molar-refractivity contribution in [3.63, 3.8) is 0 Å². The number of hydrogen-bond donors (Lipinski definition) is 1. The van der Waals surface area contributed by atoms with Crippen molar-refractivity contribution < 1.29 is 14.6 Å². The van der Waals surface area contributed by atoms with Crippen molar-refractivity contribution in [1.29, 1.82) is 0 Å². The molecule has 0 amide bonds. The molecule has 0 radical (unpaired) electrons. The molecular formula is C26H38O3. The summed E-state index contributed by atoms with van der Waals surface area (Å²) in [5, 5.41) is 10.2. The van der Waals surface area contributed by atoms with Gasteiger partial charge in [0, 0.05) is 11.8 Å². The minimum atomic E-state index is -0.695. The largest absolute Gasteiger partial charge is 0.458 e. The van der Waals surface area contributed by atoms with Crippen molar-refractivity contribution in [3.8, 4) is 0 Å². The highest BCUT2D eigenvalue weighted by Crippen LogP contribution is 2.58. The average molecular weight is 399 g/mol. The monoisotopic (exact) mass is 398 g/mol. The smallest absolute Gasteiger partial charge is 0.338 e. The van der Waals surface area contributed by atoms with E-state index in [1.807, 2.05) is 44.2 Å². The summed E-state index contributed by atoms with van der Waals surface area (Å²) < 4.78 is 6.04. The van der Waals surface area contributed by atoms with E-state index in [1.54, 1.807) is 0 Å². The van der Waals surface area contributed by atoms with Crippen molar-refractivity contribution in [2.45, 2.75) is 78.4 Å². The predicted octanol–water partition coefficient (Wildman–Crippen LogP) is 6.03. The fourth-order valence-electron chi connectivity index (χ4n) is 5.66. The zero-order valence-electron chi connectivity index (χ0n) is 18.7. The molecule has 2 saturated carbocycles. The third-order valence-corrected chi connectivity index (χ3v) is 7.86. The summed E-state index contributed by atoms with van der Waals surface area (Å²) in [6.07, 6.45) is 10.1. The molecule has 1 aromatic rings. The van der Waals surface area contributed by atoms with Gasteiger partial charge in [-0.2, -0.15) is 0 Å². The van der Waals surface area contributed by atoms with Crippen molar-refractivity contribution in [2.75, 3.05) is 0 Å². The Labute approximate surface area is 176 Å². The van der Waals surface area contributed by atoms with Crippen LogP contribution in [0.4, 0.5) is 0 Å². The molecule has 29 heavy (non-hydrogen) atoms. The lowest BCUT2D eigenvalue weighted by molar-refractivity contribution is -0.0444. The Hall–Kier alpha value is -1.61. The summed E-state index contributed by atoms with van der Waals surface area (Å²) in [6.45, 7) is 10.5. The molecule has 2 aliphatic rings. The van der Waals surface area contributed by atoms with Crippen LogP contribution in [0.15, 0.2) is 42.5 Å². The summed E-state index contributed by atoms with van der Waals surface area (Å²) in [7, 11) is 0. The molecule has 3 nitrogen and oxygen atoms in total. The molecular weight excluding hydrogens is 360 g/mol. The number of hydrogen-bond acceptors (Lipinski definition) is 3. The Kier molecular flexibility index (Phi) is 6.57. The lowest BCUT2D eigenvalue weighted by Crippen LogP contribution is -2.43. The molecule has 1 aromatic carbocycles. The van der Waals surface area contributed by atoms with Crippen LogP contribution >= 0.6 is 0 Å². The van der Waals surface area contributed by atoms with E-state index in [-0.39, 0.29) is 23.4 Å². The third kappa shape index (κ3) is 4.77. The van der Waals surface area contributed by atoms with Crippen LogP contribution in [0.5, 0.6) is 0 Å². The van der Waals surface area contributed by atoms with Crippen LogP contribution in [0.2, 0.25) is 0 Å². The SMILES string of the molecule is C[C@H](/C=C/[C@H](C)C(C)(C)O)[C@H]1CC[C@@H]2[C@@H](OC(=O)c3ccccc3)CCC[C@]12C. The Balaban J connectivity index is 1.69. The molecule has 1 N–H and O–H groups in total. The normalized spacial score (nSPS) is 32.0. The molecule has 2 aliphatic carbocycles. The van der Waals surface area contributed by atoms with Crippen molar-refractivity contribution in [2.24, 2.45) is 29.1 Å². The van der Waals surface area contributed by atoms with Crippen LogP contribution in [0.1, 0.15) is 77.1 Å². The number of esters is 1. The number of carbonyl (C=O) groups is 1. The molecule has 0 heterocycles. The molecule has 0 spiro atoms. The van der Waals surface area contributed by atoms with Crippen LogP contribution in [0.3, 0.4) is 0 Å². The molecule has 3 heteroatoms. The van der Waals surface area contributed by atoms with Crippen molar-refractivity contribution in [1.82, 2.24) is 0 Å². The topological polar surface area (TPSA) is 46.5 Å². The van der Waals surface area contributed by atoms with Gasteiger partial charge in [0.1, 0.15) is 6.10 Å². The summed E-state index contributed by atoms with van der Waals surface area (Å²) in [5.41, 5.74) is 0.160. The first-order valence-corrected chi connectivity index (χ1v) is 11.3. The zero-order chi connectivity index (χ0) is 21.2. The van der Waals surface area contributed by atoms with Gasteiger partial charge in [0.25, 0.3) is 0 Å². The number of fused-ring (bicyclic) bond motifs is 1. The van der Waals surface area contributed by atoms with Crippen LogP contribution in [-0.2, 0) is 4.74 Å². The molecule has 0 saturated heterocycles. The van der Waals surface area contributed by atoms with Gasteiger partial charge in [0.2, 0.25) is 0 Å². The molecule has 0 unspecified atom stereocenters. The van der Waals surface area contributed by atoms with Crippen LogP contribution in [0, 0.1) is 29.1 Å². The Morgan fingerprint density at radius 2 is 1.86 bits per heavy atom. The summed E-state index contributed by atoms with van der Waals surface area (Å²) in [4.78, 5) is 12.6. The third-order valence-electron chi connectivity index (χ3n) is 7.86. The average Bonchev–Trinajstić information content (AvgIpc) is 3.03. The standard InChI is InChI=1S/C26H38O3/c1-18(13-14-19(2)25(3,4)28)21-15-16-22-23(12-9-17-26(21,22)5)29-24(27)20-10-7-6-8-11-20/h6-8,10-11,13-14,18-19,21-23,28H,9,12,15-17H2,1-5H3/b14-13+/t18-,19+,21-,22-,23+,26-/m1/s1. The zero-order valence-corrected chi connectivity index (χ0v) is 18.7. The van der Waals surface area contributed by atoms with Gasteiger partial charge in [0.15, 0.2) is 0 Å². The maximum Gasteiger partial charge on any atom is 0.338 e. The second-order valence-corrected chi connectivity index (χ2v) is 10.2. The van der Waals surface area contributed by atoms with Gasteiger partial charge in [0.05, 0.1) is 11.2 Å². The second kappa shape index (κ2) is 8.63. The molecule has 0 aromatic heterocycles. The van der Waals surface area contributed by atoms with Crippen LogP contribution in [-0.4, -0.2) is 22.8 Å². The predicted molar refractivity (Wildman–Crippen MR) is 118 cm³/mol. The molecule has 160 valence electrons. The first-order valence-electron chi connectivity index (χ1n) is 11.3. The minimum Gasteiger partial charge on any atom is -0.458 e. The highest BCUT2D eigenvalue weighted by Gasteiger charge is 2.53. The number of ether oxygens (including phenoxy) is 1. The number of aliphatic hydroxyl groups is 1. The maximum absolute atomic E-state index is 12.6. The van der Waals surface area contributed by atoms with Gasteiger partial charge < -0.3 is 9.84 Å². The first-order chi connectivity index (χ1) is 13.6. The highest BCUT2D eigenvalue weighted by molar-refractivity contribution is 5.89. The molecule has 0 aliphatic heterocycles. The quantitative estimate of drug-likeness (QED) is 0.470. The van der Waals surface area contributed by atoms with Crippen LogP contribution < -0.4 is 0 Å². The van der Waals surface area contributed by atoms with E-state index < -0.39 is 5.60 Å². The van der Waals surface area contributed by atoms with E-state index in [0.29, 0.717) is 23.3 Å². The Morgan fingerprint density at radius 1 is 1.17 bits per heavy atom. The maximum atomic E-state index is 12.6. The van der Waals surface area contributed by atoms with E-state index in [0.717, 1.165) is 19.3 Å². The van der Waals surface area contributed by atoms with Gasteiger partial charge in [-0.1, -0.05) is 51.1 Å². The van der Waals surface area contributed by atoms with Gasteiger partial charge in [-0.25, -0.2) is 4.79 Å². The summed E-state index contributed by atoms with van der Waals surface area (Å²) >= 11 is 0.